The molecule has 2 rings (SSSR count). The van der Waals surface area contributed by atoms with Gasteiger partial charge in [-0.1, -0.05) is 6.92 Å². The van der Waals surface area contributed by atoms with E-state index in [1.54, 1.807) is 0 Å². The van der Waals surface area contributed by atoms with Crippen molar-refractivity contribution in [2.24, 2.45) is 17.8 Å². The summed E-state index contributed by atoms with van der Waals surface area (Å²) in [6.45, 7) is 1.99. The van der Waals surface area contributed by atoms with Crippen molar-refractivity contribution in [3.8, 4) is 0 Å². The number of carbonyl (C=O) groups is 2. The summed E-state index contributed by atoms with van der Waals surface area (Å²) in [5.41, 5.74) is 0.717. The van der Waals surface area contributed by atoms with Gasteiger partial charge >= 0.3 is 5.97 Å². The van der Waals surface area contributed by atoms with Crippen LogP contribution < -0.4 is 5.32 Å². The molecule has 5 heteroatoms. The second-order valence-corrected chi connectivity index (χ2v) is 6.37. The van der Waals surface area contributed by atoms with Crippen LogP contribution in [0.2, 0.25) is 0 Å². The van der Waals surface area contributed by atoms with Gasteiger partial charge in [-0.25, -0.2) is 0 Å². The van der Waals surface area contributed by atoms with Gasteiger partial charge in [0.25, 0.3) is 0 Å². The number of hydrogen-bond acceptors (Lipinski definition) is 2. The smallest absolute Gasteiger partial charge is 0.307 e. The molecule has 1 aliphatic carbocycles. The molecule has 1 aromatic carbocycles. The lowest BCUT2D eigenvalue weighted by molar-refractivity contribution is -0.145. The van der Waals surface area contributed by atoms with Gasteiger partial charge in [0.2, 0.25) is 5.91 Å². The molecule has 102 valence electrons. The van der Waals surface area contributed by atoms with Crippen LogP contribution in [0.25, 0.3) is 0 Å². The monoisotopic (exact) mass is 373 g/mol. The Morgan fingerprint density at radius 2 is 1.79 bits per heavy atom. The van der Waals surface area contributed by atoms with Crippen LogP contribution >= 0.6 is 22.6 Å². The van der Waals surface area contributed by atoms with Crippen molar-refractivity contribution in [2.75, 3.05) is 5.32 Å². The molecular weight excluding hydrogens is 357 g/mol. The largest absolute Gasteiger partial charge is 0.481 e. The number of hydrogen-bond donors (Lipinski definition) is 2. The number of carboxylic acid groups (broad SMARTS) is 1. The van der Waals surface area contributed by atoms with Gasteiger partial charge in [-0.05, 0) is 65.6 Å². The van der Waals surface area contributed by atoms with Gasteiger partial charge in [0, 0.05) is 9.26 Å². The van der Waals surface area contributed by atoms with Crippen LogP contribution in [0, 0.1) is 21.3 Å². The molecule has 4 nitrogen and oxygen atoms in total. The molecule has 0 aromatic heterocycles. The molecule has 3 atom stereocenters. The number of carbonyl (C=O) groups excluding carboxylic acids is 1. The number of carboxylic acids is 1. The second kappa shape index (κ2) is 5.90. The fourth-order valence-corrected chi connectivity index (χ4v) is 2.98. The summed E-state index contributed by atoms with van der Waals surface area (Å²) in [6.07, 6.45) is 1.23. The standard InChI is InChI=1S/C14H16INO3/c1-8-6-11(12(7-8)14(18)19)13(17)16-10-4-2-9(15)3-5-10/h2-5,8,11-12H,6-7H2,1H3,(H,16,17)(H,18,19). The van der Waals surface area contributed by atoms with Crippen molar-refractivity contribution in [3.05, 3.63) is 27.8 Å². The Balaban J connectivity index is 2.06. The van der Waals surface area contributed by atoms with Crippen molar-refractivity contribution in [2.45, 2.75) is 19.8 Å². The fourth-order valence-electron chi connectivity index (χ4n) is 2.62. The van der Waals surface area contributed by atoms with Crippen LogP contribution in [0.4, 0.5) is 5.69 Å². The van der Waals surface area contributed by atoms with E-state index in [0.29, 0.717) is 18.5 Å². The first-order chi connectivity index (χ1) is 8.97. The molecule has 0 spiro atoms. The zero-order valence-electron chi connectivity index (χ0n) is 10.6. The van der Waals surface area contributed by atoms with E-state index in [1.807, 2.05) is 31.2 Å². The highest BCUT2D eigenvalue weighted by Gasteiger charge is 2.41. The fraction of sp³-hybridized carbons (Fsp3) is 0.429. The predicted octanol–water partition coefficient (Wildman–Crippen LogP) is 2.98. The predicted molar refractivity (Wildman–Crippen MR) is 80.8 cm³/mol. The number of aliphatic carboxylic acids is 1. The number of halogens is 1. The molecule has 1 saturated carbocycles. The maximum Gasteiger partial charge on any atom is 0.307 e. The SMILES string of the molecule is CC1CC(C(=O)O)C(C(=O)Nc2ccc(I)cc2)C1. The minimum Gasteiger partial charge on any atom is -0.481 e. The molecular formula is C14H16INO3. The Morgan fingerprint density at radius 3 is 2.37 bits per heavy atom. The van der Waals surface area contributed by atoms with Crippen LogP contribution in [0.15, 0.2) is 24.3 Å². The van der Waals surface area contributed by atoms with Gasteiger partial charge < -0.3 is 10.4 Å². The first kappa shape index (κ1) is 14.3. The molecule has 0 radical (unpaired) electrons. The minimum absolute atomic E-state index is 0.182. The number of amides is 1. The average molecular weight is 373 g/mol. The molecule has 1 aromatic rings. The van der Waals surface area contributed by atoms with Crippen molar-refractivity contribution in [3.63, 3.8) is 0 Å². The average Bonchev–Trinajstić information content (AvgIpc) is 2.74. The summed E-state index contributed by atoms with van der Waals surface area (Å²) in [5, 5.41) is 12.0. The van der Waals surface area contributed by atoms with Crippen molar-refractivity contribution in [1.29, 1.82) is 0 Å². The van der Waals surface area contributed by atoms with E-state index in [1.165, 1.54) is 0 Å². The molecule has 1 fully saturated rings. The minimum atomic E-state index is -0.868. The van der Waals surface area contributed by atoms with E-state index in [-0.39, 0.29) is 11.8 Å². The quantitative estimate of drug-likeness (QED) is 0.801. The van der Waals surface area contributed by atoms with Gasteiger partial charge in [-0.2, -0.15) is 0 Å². The van der Waals surface area contributed by atoms with E-state index in [4.69, 9.17) is 0 Å². The van der Waals surface area contributed by atoms with Crippen LogP contribution in [0.1, 0.15) is 19.8 Å². The summed E-state index contributed by atoms with van der Waals surface area (Å²) < 4.78 is 1.09. The third-order valence-corrected chi connectivity index (χ3v) is 4.28. The zero-order chi connectivity index (χ0) is 14.0. The molecule has 0 saturated heterocycles. The van der Waals surface area contributed by atoms with E-state index in [9.17, 15) is 14.7 Å². The summed E-state index contributed by atoms with van der Waals surface area (Å²) in [4.78, 5) is 23.4. The van der Waals surface area contributed by atoms with Crippen LogP contribution in [0.3, 0.4) is 0 Å². The van der Waals surface area contributed by atoms with Gasteiger partial charge in [0.1, 0.15) is 0 Å². The lowest BCUT2D eigenvalue weighted by atomic mass is 9.95. The Hall–Kier alpha value is -1.11. The third kappa shape index (κ3) is 3.46. The molecule has 1 aliphatic rings. The van der Waals surface area contributed by atoms with Gasteiger partial charge in [0.15, 0.2) is 0 Å². The Morgan fingerprint density at radius 1 is 1.21 bits per heavy atom. The zero-order valence-corrected chi connectivity index (χ0v) is 12.8. The topological polar surface area (TPSA) is 66.4 Å². The lowest BCUT2D eigenvalue weighted by Gasteiger charge is -2.15. The maximum absolute atomic E-state index is 12.2. The van der Waals surface area contributed by atoms with Crippen LogP contribution in [-0.4, -0.2) is 17.0 Å². The Kier molecular flexibility index (Phi) is 4.44. The Labute approximate surface area is 125 Å². The first-order valence-corrected chi connectivity index (χ1v) is 7.34. The molecule has 19 heavy (non-hydrogen) atoms. The van der Waals surface area contributed by atoms with E-state index in [2.05, 4.69) is 27.9 Å². The van der Waals surface area contributed by atoms with Gasteiger partial charge in [-0.15, -0.1) is 0 Å². The molecule has 1 amide bonds. The van der Waals surface area contributed by atoms with E-state index < -0.39 is 17.8 Å². The van der Waals surface area contributed by atoms with Crippen molar-refractivity contribution in [1.82, 2.24) is 0 Å². The number of rotatable bonds is 3. The van der Waals surface area contributed by atoms with Crippen molar-refractivity contribution < 1.29 is 14.7 Å². The van der Waals surface area contributed by atoms with Crippen LogP contribution in [-0.2, 0) is 9.59 Å². The number of anilines is 1. The molecule has 0 heterocycles. The molecule has 0 bridgehead atoms. The summed E-state index contributed by atoms with van der Waals surface area (Å²) >= 11 is 2.19. The van der Waals surface area contributed by atoms with Gasteiger partial charge in [-0.3, -0.25) is 9.59 Å². The summed E-state index contributed by atoms with van der Waals surface area (Å²) in [6, 6.07) is 7.46. The highest BCUT2D eigenvalue weighted by molar-refractivity contribution is 14.1. The first-order valence-electron chi connectivity index (χ1n) is 6.26. The number of benzene rings is 1. The third-order valence-electron chi connectivity index (χ3n) is 3.56. The maximum atomic E-state index is 12.2. The molecule has 0 aliphatic heterocycles. The number of nitrogens with one attached hydrogen (secondary N) is 1. The second-order valence-electron chi connectivity index (χ2n) is 5.12. The van der Waals surface area contributed by atoms with Gasteiger partial charge in [0.05, 0.1) is 11.8 Å². The highest BCUT2D eigenvalue weighted by Crippen LogP contribution is 2.37. The normalized spacial score (nSPS) is 26.1. The lowest BCUT2D eigenvalue weighted by Crippen LogP contribution is -2.29. The summed E-state index contributed by atoms with van der Waals surface area (Å²) in [5.74, 6) is -1.75. The Bertz CT molecular complexity index is 486. The van der Waals surface area contributed by atoms with Crippen molar-refractivity contribution >= 4 is 40.2 Å². The highest BCUT2D eigenvalue weighted by atomic mass is 127. The van der Waals surface area contributed by atoms with E-state index in [0.717, 1.165) is 3.57 Å². The molecule has 2 N–H and O–H groups in total. The molecule has 3 unspecified atom stereocenters. The summed E-state index contributed by atoms with van der Waals surface area (Å²) in [7, 11) is 0. The van der Waals surface area contributed by atoms with E-state index >= 15 is 0 Å². The van der Waals surface area contributed by atoms with Crippen LogP contribution in [0.5, 0.6) is 0 Å².